The lowest BCUT2D eigenvalue weighted by molar-refractivity contribution is 0.130. The van der Waals surface area contributed by atoms with Crippen molar-refractivity contribution in [2.45, 2.75) is 58.0 Å². The summed E-state index contributed by atoms with van der Waals surface area (Å²) in [6.07, 6.45) is 4.11. The molecule has 1 unspecified atom stereocenters. The summed E-state index contributed by atoms with van der Waals surface area (Å²) in [5.41, 5.74) is 0. The predicted octanol–water partition coefficient (Wildman–Crippen LogP) is 1.21. The third kappa shape index (κ3) is 4.63. The summed E-state index contributed by atoms with van der Waals surface area (Å²) in [4.78, 5) is 0. The molecule has 0 spiro atoms. The molecule has 0 aromatic rings. The molecule has 1 heterocycles. The van der Waals surface area contributed by atoms with Gasteiger partial charge in [-0.2, -0.15) is 17.0 Å². The smallest absolute Gasteiger partial charge is 0.282 e. The highest BCUT2D eigenvalue weighted by Gasteiger charge is 2.38. The second kappa shape index (κ2) is 9.05. The minimum Gasteiger partial charge on any atom is -0.395 e. The topological polar surface area (TPSA) is 70.1 Å². The quantitative estimate of drug-likeness (QED) is 0.693. The SMILES string of the molecule is CCC(CC)N(CCOC)S(=O)(=O)N1CCCCC1CO. The Kier molecular flexibility index (Phi) is 8.12. The molecule has 0 aromatic heterocycles. The van der Waals surface area contributed by atoms with E-state index >= 15 is 0 Å². The van der Waals surface area contributed by atoms with Gasteiger partial charge in [0.15, 0.2) is 0 Å². The van der Waals surface area contributed by atoms with E-state index in [1.807, 2.05) is 13.8 Å². The van der Waals surface area contributed by atoms with Crippen LogP contribution in [0.1, 0.15) is 46.0 Å². The zero-order valence-electron chi connectivity index (χ0n) is 13.5. The average Bonchev–Trinajstić information content (AvgIpc) is 2.51. The van der Waals surface area contributed by atoms with Gasteiger partial charge in [0, 0.05) is 32.3 Å². The van der Waals surface area contributed by atoms with Gasteiger partial charge < -0.3 is 9.84 Å². The number of aliphatic hydroxyl groups is 1. The Labute approximate surface area is 129 Å². The maximum atomic E-state index is 13.0. The zero-order chi connectivity index (χ0) is 15.9. The monoisotopic (exact) mass is 322 g/mol. The number of aliphatic hydroxyl groups excluding tert-OH is 1. The normalized spacial score (nSPS) is 21.3. The van der Waals surface area contributed by atoms with Crippen LogP contribution in [0.25, 0.3) is 0 Å². The lowest BCUT2D eigenvalue weighted by atomic mass is 10.1. The number of methoxy groups -OCH3 is 1. The average molecular weight is 322 g/mol. The minimum absolute atomic E-state index is 0.0218. The number of hydrogen-bond donors (Lipinski definition) is 1. The van der Waals surface area contributed by atoms with E-state index in [1.54, 1.807) is 11.4 Å². The van der Waals surface area contributed by atoms with E-state index in [4.69, 9.17) is 4.74 Å². The van der Waals surface area contributed by atoms with Gasteiger partial charge >= 0.3 is 0 Å². The second-order valence-corrected chi connectivity index (χ2v) is 7.36. The fourth-order valence-corrected chi connectivity index (χ4v) is 5.12. The van der Waals surface area contributed by atoms with Crippen LogP contribution in [0.5, 0.6) is 0 Å². The fourth-order valence-electron chi connectivity index (χ4n) is 2.96. The van der Waals surface area contributed by atoms with Gasteiger partial charge in [-0.1, -0.05) is 20.3 Å². The second-order valence-electron chi connectivity index (χ2n) is 5.52. The van der Waals surface area contributed by atoms with Crippen LogP contribution in [0.4, 0.5) is 0 Å². The minimum atomic E-state index is -3.55. The Morgan fingerprint density at radius 2 is 2.00 bits per heavy atom. The summed E-state index contributed by atoms with van der Waals surface area (Å²) in [6, 6.07) is -0.311. The highest BCUT2D eigenvalue weighted by molar-refractivity contribution is 7.86. The summed E-state index contributed by atoms with van der Waals surface area (Å²) >= 11 is 0. The van der Waals surface area contributed by atoms with Gasteiger partial charge in [-0.25, -0.2) is 0 Å². The van der Waals surface area contributed by atoms with Crippen molar-refractivity contribution in [3.63, 3.8) is 0 Å². The highest BCUT2D eigenvalue weighted by atomic mass is 32.2. The van der Waals surface area contributed by atoms with Crippen LogP contribution in [-0.4, -0.2) is 67.6 Å². The molecule has 21 heavy (non-hydrogen) atoms. The number of nitrogens with zero attached hydrogens (tertiary/aromatic N) is 2. The molecule has 1 rings (SSSR count). The summed E-state index contributed by atoms with van der Waals surface area (Å²) in [5, 5.41) is 9.49. The molecule has 1 aliphatic heterocycles. The van der Waals surface area contributed by atoms with Crippen molar-refractivity contribution in [1.29, 1.82) is 0 Å². The Hall–Kier alpha value is -0.210. The number of piperidine rings is 1. The van der Waals surface area contributed by atoms with Gasteiger partial charge in [-0.05, 0) is 25.7 Å². The molecule has 0 aliphatic carbocycles. The van der Waals surface area contributed by atoms with Gasteiger partial charge in [0.25, 0.3) is 10.2 Å². The van der Waals surface area contributed by atoms with Crippen LogP contribution in [-0.2, 0) is 14.9 Å². The predicted molar refractivity (Wildman–Crippen MR) is 83.3 cm³/mol. The molecule has 0 saturated carbocycles. The molecule has 1 atom stereocenters. The molecule has 0 aromatic carbocycles. The van der Waals surface area contributed by atoms with Crippen molar-refractivity contribution in [2.24, 2.45) is 0 Å². The Morgan fingerprint density at radius 3 is 2.52 bits per heavy atom. The van der Waals surface area contributed by atoms with Crippen LogP contribution in [0.15, 0.2) is 0 Å². The van der Waals surface area contributed by atoms with Crippen molar-refractivity contribution in [3.05, 3.63) is 0 Å². The molecule has 0 radical (unpaired) electrons. The first-order valence-electron chi connectivity index (χ1n) is 7.91. The lowest BCUT2D eigenvalue weighted by Gasteiger charge is -2.39. The Bertz CT molecular complexity index is 384. The van der Waals surface area contributed by atoms with Crippen LogP contribution < -0.4 is 0 Å². The van der Waals surface area contributed by atoms with E-state index in [0.29, 0.717) is 19.7 Å². The lowest BCUT2D eigenvalue weighted by Crippen LogP contribution is -2.55. The molecule has 0 bridgehead atoms. The molecule has 7 heteroatoms. The Balaban J connectivity index is 3.00. The maximum Gasteiger partial charge on any atom is 0.282 e. The molecule has 1 saturated heterocycles. The van der Waals surface area contributed by atoms with E-state index in [9.17, 15) is 13.5 Å². The van der Waals surface area contributed by atoms with Gasteiger partial charge in [0.2, 0.25) is 0 Å². The summed E-state index contributed by atoms with van der Waals surface area (Å²) in [5.74, 6) is 0. The molecule has 0 amide bonds. The highest BCUT2D eigenvalue weighted by Crippen LogP contribution is 2.25. The van der Waals surface area contributed by atoms with Crippen LogP contribution >= 0.6 is 0 Å². The molecule has 1 N–H and O–H groups in total. The Morgan fingerprint density at radius 1 is 1.33 bits per heavy atom. The van der Waals surface area contributed by atoms with Gasteiger partial charge in [0.05, 0.1) is 13.2 Å². The number of ether oxygens (including phenoxy) is 1. The van der Waals surface area contributed by atoms with E-state index in [1.165, 1.54) is 4.31 Å². The van der Waals surface area contributed by atoms with E-state index in [-0.39, 0.29) is 18.7 Å². The molecular formula is C14H30N2O4S. The summed E-state index contributed by atoms with van der Waals surface area (Å²) in [6.45, 7) is 5.14. The summed E-state index contributed by atoms with van der Waals surface area (Å²) < 4.78 is 34.1. The first kappa shape index (κ1) is 18.8. The molecule has 126 valence electrons. The third-order valence-corrected chi connectivity index (χ3v) is 6.39. The van der Waals surface area contributed by atoms with E-state index in [0.717, 1.165) is 32.1 Å². The number of hydrogen-bond acceptors (Lipinski definition) is 4. The molecule has 1 fully saturated rings. The van der Waals surface area contributed by atoms with Crippen molar-refractivity contribution >= 4 is 10.2 Å². The van der Waals surface area contributed by atoms with Gasteiger partial charge in [-0.3, -0.25) is 0 Å². The zero-order valence-corrected chi connectivity index (χ0v) is 14.3. The molecular weight excluding hydrogens is 292 g/mol. The van der Waals surface area contributed by atoms with Crippen molar-refractivity contribution in [3.8, 4) is 0 Å². The van der Waals surface area contributed by atoms with Gasteiger partial charge in [-0.15, -0.1) is 0 Å². The maximum absolute atomic E-state index is 13.0. The van der Waals surface area contributed by atoms with Crippen molar-refractivity contribution in [1.82, 2.24) is 8.61 Å². The van der Waals surface area contributed by atoms with Crippen LogP contribution in [0.2, 0.25) is 0 Å². The van der Waals surface area contributed by atoms with Crippen LogP contribution in [0.3, 0.4) is 0 Å². The summed E-state index contributed by atoms with van der Waals surface area (Å²) in [7, 11) is -1.98. The van der Waals surface area contributed by atoms with E-state index in [2.05, 4.69) is 0 Å². The largest absolute Gasteiger partial charge is 0.395 e. The standard InChI is InChI=1S/C14H30N2O4S/c1-4-13(5-2)16(10-11-20-3)21(18,19)15-9-7-6-8-14(15)12-17/h13-14,17H,4-12H2,1-3H3. The third-order valence-electron chi connectivity index (χ3n) is 4.24. The fraction of sp³-hybridized carbons (Fsp3) is 1.00. The van der Waals surface area contributed by atoms with Gasteiger partial charge in [0.1, 0.15) is 0 Å². The molecule has 6 nitrogen and oxygen atoms in total. The van der Waals surface area contributed by atoms with E-state index < -0.39 is 10.2 Å². The molecule has 1 aliphatic rings. The van der Waals surface area contributed by atoms with Crippen molar-refractivity contribution in [2.75, 3.05) is 33.4 Å². The first-order chi connectivity index (χ1) is 10.0. The van der Waals surface area contributed by atoms with Crippen molar-refractivity contribution < 1.29 is 18.3 Å². The number of rotatable bonds is 9. The first-order valence-corrected chi connectivity index (χ1v) is 9.30. The van der Waals surface area contributed by atoms with Crippen LogP contribution in [0, 0.1) is 0 Å².